The van der Waals surface area contributed by atoms with Crippen LogP contribution in [0.4, 0.5) is 10.1 Å². The van der Waals surface area contributed by atoms with E-state index in [1.54, 1.807) is 17.0 Å². The molecule has 1 aliphatic rings. The number of nitrogens with zero attached hydrogens (tertiary/aromatic N) is 1. The molecule has 0 spiro atoms. The van der Waals surface area contributed by atoms with E-state index in [0.717, 1.165) is 18.3 Å². The summed E-state index contributed by atoms with van der Waals surface area (Å²) in [7, 11) is 0. The maximum atomic E-state index is 13.3. The summed E-state index contributed by atoms with van der Waals surface area (Å²) in [6.45, 7) is 2.20. The Morgan fingerprint density at radius 1 is 0.763 bits per heavy atom. The van der Waals surface area contributed by atoms with Crippen molar-refractivity contribution in [2.75, 3.05) is 4.90 Å². The number of hydrogen-bond acceptors (Lipinski definition) is 2. The molecule has 0 N–H and O–H groups in total. The quantitative estimate of drug-likeness (QED) is 0.172. The number of benzene rings is 4. The molecule has 1 amide bonds. The van der Waals surface area contributed by atoms with Crippen molar-refractivity contribution in [3.05, 3.63) is 137 Å². The molecule has 3 nitrogen and oxygen atoms in total. The van der Waals surface area contributed by atoms with Crippen molar-refractivity contribution in [3.63, 3.8) is 0 Å². The Kier molecular flexibility index (Phi) is 9.58. The van der Waals surface area contributed by atoms with Crippen molar-refractivity contribution in [3.8, 4) is 0 Å². The van der Waals surface area contributed by atoms with E-state index in [9.17, 15) is 14.0 Å². The fourth-order valence-corrected chi connectivity index (χ4v) is 4.95. The molecule has 1 saturated heterocycles. The number of amides is 1. The molecule has 194 valence electrons. The zero-order valence-electron chi connectivity index (χ0n) is 21.8. The summed E-state index contributed by atoms with van der Waals surface area (Å²) < 4.78 is 13.3. The SMILES string of the molecule is CCCc1ccccc1.O=CCC[C@H]1C(=O)N(c2ccc(F)cc2)C1c1ccc(Cc2ccccc2)cc1. The Bertz CT molecular complexity index is 1290. The standard InChI is InChI=1S/C25H22FNO2.C9H12/c26-21-12-14-22(15-13-21)27-24(23(25(27)29)7-4-16-28)20-10-8-19(9-11-20)17-18-5-2-1-3-6-18;1-2-6-9-7-4-3-5-8-9/h1-3,5-6,8-16,23-24H,4,7,17H2;3-5,7-8H,2,6H2,1H3/t23-,24?;/m1./s1. The Labute approximate surface area is 225 Å². The fourth-order valence-electron chi connectivity index (χ4n) is 4.95. The second kappa shape index (κ2) is 13.5. The van der Waals surface area contributed by atoms with Gasteiger partial charge in [0, 0.05) is 12.1 Å². The molecule has 1 heterocycles. The molecule has 5 rings (SSSR count). The maximum absolute atomic E-state index is 13.3. The molecule has 0 radical (unpaired) electrons. The van der Waals surface area contributed by atoms with Crippen molar-refractivity contribution in [2.24, 2.45) is 5.92 Å². The van der Waals surface area contributed by atoms with Crippen LogP contribution in [0.2, 0.25) is 0 Å². The smallest absolute Gasteiger partial charge is 0.233 e. The lowest BCUT2D eigenvalue weighted by Crippen LogP contribution is -2.55. The van der Waals surface area contributed by atoms with Gasteiger partial charge in [-0.25, -0.2) is 4.39 Å². The first-order valence-electron chi connectivity index (χ1n) is 13.3. The van der Waals surface area contributed by atoms with Crippen LogP contribution in [0.25, 0.3) is 0 Å². The first-order valence-corrected chi connectivity index (χ1v) is 13.3. The predicted octanol–water partition coefficient (Wildman–Crippen LogP) is 7.74. The van der Waals surface area contributed by atoms with E-state index < -0.39 is 0 Å². The Hall–Kier alpha value is -4.05. The number of carbonyl (C=O) groups excluding carboxylic acids is 2. The number of aldehydes is 1. The van der Waals surface area contributed by atoms with Crippen molar-refractivity contribution >= 4 is 17.9 Å². The van der Waals surface area contributed by atoms with E-state index in [0.29, 0.717) is 18.5 Å². The average Bonchev–Trinajstić information content (AvgIpc) is 2.95. The third-order valence-electron chi connectivity index (χ3n) is 6.87. The summed E-state index contributed by atoms with van der Waals surface area (Å²) in [5.41, 5.74) is 5.60. The number of β-lactam (4-membered cyclic amide) rings is 1. The summed E-state index contributed by atoms with van der Waals surface area (Å²) in [6, 6.07) is 35.0. The van der Waals surface area contributed by atoms with Gasteiger partial charge in [0.1, 0.15) is 12.1 Å². The number of anilines is 1. The van der Waals surface area contributed by atoms with Gasteiger partial charge in [-0.3, -0.25) is 4.79 Å². The van der Waals surface area contributed by atoms with E-state index in [1.165, 1.54) is 41.7 Å². The lowest BCUT2D eigenvalue weighted by atomic mass is 9.79. The second-order valence-electron chi connectivity index (χ2n) is 9.62. The summed E-state index contributed by atoms with van der Waals surface area (Å²) >= 11 is 0. The van der Waals surface area contributed by atoms with Crippen LogP contribution in [0.1, 0.15) is 54.5 Å². The number of carbonyl (C=O) groups is 2. The first-order chi connectivity index (χ1) is 18.6. The zero-order valence-corrected chi connectivity index (χ0v) is 21.8. The Morgan fingerprint density at radius 2 is 1.34 bits per heavy atom. The predicted molar refractivity (Wildman–Crippen MR) is 152 cm³/mol. The zero-order chi connectivity index (χ0) is 26.7. The van der Waals surface area contributed by atoms with Gasteiger partial charge < -0.3 is 9.69 Å². The van der Waals surface area contributed by atoms with E-state index in [4.69, 9.17) is 0 Å². The Morgan fingerprint density at radius 3 is 1.92 bits per heavy atom. The van der Waals surface area contributed by atoms with Gasteiger partial charge in [0.15, 0.2) is 0 Å². The number of aryl methyl sites for hydroxylation is 1. The molecule has 1 aliphatic heterocycles. The minimum Gasteiger partial charge on any atom is -0.304 e. The highest BCUT2D eigenvalue weighted by atomic mass is 19.1. The molecule has 1 unspecified atom stereocenters. The van der Waals surface area contributed by atoms with Crippen LogP contribution in [-0.2, 0) is 22.4 Å². The highest BCUT2D eigenvalue weighted by Crippen LogP contribution is 2.45. The third-order valence-corrected chi connectivity index (χ3v) is 6.87. The summed E-state index contributed by atoms with van der Waals surface area (Å²) in [4.78, 5) is 25.3. The molecule has 4 heteroatoms. The molecule has 4 aromatic rings. The van der Waals surface area contributed by atoms with Crippen LogP contribution in [0, 0.1) is 11.7 Å². The summed E-state index contributed by atoms with van der Waals surface area (Å²) in [6.07, 6.45) is 5.03. The molecular formula is C34H34FNO2. The minimum atomic E-state index is -0.332. The number of hydrogen-bond donors (Lipinski definition) is 0. The van der Waals surface area contributed by atoms with Crippen LogP contribution in [0.3, 0.4) is 0 Å². The van der Waals surface area contributed by atoms with E-state index in [-0.39, 0.29) is 23.7 Å². The van der Waals surface area contributed by atoms with Crippen molar-refractivity contribution in [2.45, 2.75) is 45.1 Å². The van der Waals surface area contributed by atoms with Gasteiger partial charge in [-0.1, -0.05) is 98.3 Å². The van der Waals surface area contributed by atoms with Crippen LogP contribution in [-0.4, -0.2) is 12.2 Å². The van der Waals surface area contributed by atoms with E-state index in [2.05, 4.69) is 73.7 Å². The van der Waals surface area contributed by atoms with Gasteiger partial charge in [0.25, 0.3) is 0 Å². The molecule has 0 bridgehead atoms. The molecule has 0 saturated carbocycles. The highest BCUT2D eigenvalue weighted by molar-refractivity contribution is 6.03. The van der Waals surface area contributed by atoms with Gasteiger partial charge in [0.05, 0.1) is 12.0 Å². The molecule has 4 aromatic carbocycles. The maximum Gasteiger partial charge on any atom is 0.233 e. The van der Waals surface area contributed by atoms with Gasteiger partial charge in [-0.05, 0) is 65.8 Å². The highest BCUT2D eigenvalue weighted by Gasteiger charge is 2.48. The topological polar surface area (TPSA) is 37.4 Å². The van der Waals surface area contributed by atoms with Gasteiger partial charge in [-0.15, -0.1) is 0 Å². The minimum absolute atomic E-state index is 0.0168. The molecule has 2 atom stereocenters. The molecule has 38 heavy (non-hydrogen) atoms. The second-order valence-corrected chi connectivity index (χ2v) is 9.62. The van der Waals surface area contributed by atoms with Crippen molar-refractivity contribution in [1.82, 2.24) is 0 Å². The monoisotopic (exact) mass is 507 g/mol. The Balaban J connectivity index is 0.000000317. The normalized spacial score (nSPS) is 16.3. The van der Waals surface area contributed by atoms with Gasteiger partial charge >= 0.3 is 0 Å². The van der Waals surface area contributed by atoms with Gasteiger partial charge in [-0.2, -0.15) is 0 Å². The van der Waals surface area contributed by atoms with Crippen molar-refractivity contribution < 1.29 is 14.0 Å². The molecule has 0 aromatic heterocycles. The van der Waals surface area contributed by atoms with E-state index >= 15 is 0 Å². The number of halogens is 1. The van der Waals surface area contributed by atoms with E-state index in [1.807, 2.05) is 18.2 Å². The molecular weight excluding hydrogens is 473 g/mol. The average molecular weight is 508 g/mol. The molecule has 1 fully saturated rings. The lowest BCUT2D eigenvalue weighted by Gasteiger charge is -2.47. The van der Waals surface area contributed by atoms with Crippen LogP contribution >= 0.6 is 0 Å². The van der Waals surface area contributed by atoms with Crippen LogP contribution < -0.4 is 4.90 Å². The molecule has 0 aliphatic carbocycles. The van der Waals surface area contributed by atoms with Gasteiger partial charge in [0.2, 0.25) is 5.91 Å². The first kappa shape index (κ1) is 27.0. The van der Waals surface area contributed by atoms with Crippen molar-refractivity contribution in [1.29, 1.82) is 0 Å². The summed E-state index contributed by atoms with van der Waals surface area (Å²) in [5, 5.41) is 0. The number of rotatable bonds is 9. The van der Waals surface area contributed by atoms with Crippen LogP contribution in [0.5, 0.6) is 0 Å². The lowest BCUT2D eigenvalue weighted by molar-refractivity contribution is -0.130. The van der Waals surface area contributed by atoms with Crippen LogP contribution in [0.15, 0.2) is 109 Å². The largest absolute Gasteiger partial charge is 0.304 e. The fraction of sp³-hybridized carbons (Fsp3) is 0.235. The summed E-state index contributed by atoms with van der Waals surface area (Å²) in [5.74, 6) is -0.580. The third kappa shape index (κ3) is 6.83.